The quantitative estimate of drug-likeness (QED) is 0.774. The predicted octanol–water partition coefficient (Wildman–Crippen LogP) is 4.37. The summed E-state index contributed by atoms with van der Waals surface area (Å²) in [6.07, 6.45) is -4.34. The van der Waals surface area contributed by atoms with Crippen molar-refractivity contribution in [2.45, 2.75) is 19.6 Å². The third kappa shape index (κ3) is 2.68. The Morgan fingerprint density at radius 3 is 2.62 bits per heavy atom. The Kier molecular flexibility index (Phi) is 3.27. The predicted molar refractivity (Wildman–Crippen MR) is 74.3 cm³/mol. The lowest BCUT2D eigenvalue weighted by Crippen LogP contribution is -2.32. The number of alkyl halides is 3. The fraction of sp³-hybridized carbons (Fsp3) is 0.250. The Morgan fingerprint density at radius 2 is 1.86 bits per heavy atom. The second kappa shape index (κ2) is 4.98. The summed E-state index contributed by atoms with van der Waals surface area (Å²) < 4.78 is 44.5. The Hall–Kier alpha value is -2.17. The lowest BCUT2D eigenvalue weighted by atomic mass is 10.1. The molecule has 1 aliphatic heterocycles. The van der Waals surface area contributed by atoms with Crippen LogP contribution in [0.25, 0.3) is 0 Å². The summed E-state index contributed by atoms with van der Waals surface area (Å²) in [5.41, 5.74) is 1.11. The molecule has 1 heterocycles. The highest BCUT2D eigenvalue weighted by Crippen LogP contribution is 2.35. The zero-order valence-corrected chi connectivity index (χ0v) is 11.4. The molecule has 5 heteroatoms. The first-order chi connectivity index (χ1) is 9.95. The van der Waals surface area contributed by atoms with E-state index in [1.165, 1.54) is 19.1 Å². The summed E-state index contributed by atoms with van der Waals surface area (Å²) in [5.74, 6) is 0.789. The number of benzene rings is 2. The molecule has 0 spiro atoms. The highest BCUT2D eigenvalue weighted by molar-refractivity contribution is 5.53. The minimum Gasteiger partial charge on any atom is -0.473 e. The molecular formula is C16H14F3NO. The van der Waals surface area contributed by atoms with Crippen LogP contribution in [0.3, 0.4) is 0 Å². The Bertz CT molecular complexity index is 667. The minimum atomic E-state index is -4.34. The molecular weight excluding hydrogens is 279 g/mol. The van der Waals surface area contributed by atoms with Crippen molar-refractivity contribution < 1.29 is 17.9 Å². The van der Waals surface area contributed by atoms with Crippen LogP contribution in [0.1, 0.15) is 16.7 Å². The van der Waals surface area contributed by atoms with Crippen molar-refractivity contribution in [3.63, 3.8) is 0 Å². The number of ether oxygens (including phenoxy) is 1. The van der Waals surface area contributed by atoms with E-state index in [4.69, 9.17) is 4.74 Å². The van der Waals surface area contributed by atoms with Gasteiger partial charge in [-0.1, -0.05) is 24.3 Å². The molecule has 0 N–H and O–H groups in total. The maximum atomic E-state index is 13.0. The van der Waals surface area contributed by atoms with Crippen LogP contribution in [0, 0.1) is 6.92 Å². The van der Waals surface area contributed by atoms with Gasteiger partial charge in [0.2, 0.25) is 0 Å². The Labute approximate surface area is 120 Å². The molecule has 1 aliphatic rings. The molecule has 0 unspecified atom stereocenters. The standard InChI is InChI=1S/C16H14F3NO/c1-11-6-7-13(8-14(11)16(17,18)19)20-9-12-4-2-3-5-15(12)21-10-20/h2-8H,9-10H2,1H3. The number of fused-ring (bicyclic) bond motifs is 1. The second-order valence-corrected chi connectivity index (χ2v) is 5.08. The van der Waals surface area contributed by atoms with E-state index in [0.717, 1.165) is 11.3 Å². The molecule has 2 nitrogen and oxygen atoms in total. The fourth-order valence-electron chi connectivity index (χ4n) is 2.45. The summed E-state index contributed by atoms with van der Waals surface area (Å²) in [6.45, 7) is 2.25. The molecule has 2 aromatic rings. The van der Waals surface area contributed by atoms with Gasteiger partial charge in [0.25, 0.3) is 0 Å². The number of aryl methyl sites for hydroxylation is 1. The summed E-state index contributed by atoms with van der Waals surface area (Å²) in [4.78, 5) is 1.79. The molecule has 0 bridgehead atoms. The van der Waals surface area contributed by atoms with E-state index in [9.17, 15) is 13.2 Å². The van der Waals surface area contributed by atoms with E-state index in [1.54, 1.807) is 11.0 Å². The fourth-order valence-corrected chi connectivity index (χ4v) is 2.45. The molecule has 0 aromatic heterocycles. The van der Waals surface area contributed by atoms with Gasteiger partial charge >= 0.3 is 6.18 Å². The zero-order valence-electron chi connectivity index (χ0n) is 11.4. The topological polar surface area (TPSA) is 12.5 Å². The highest BCUT2D eigenvalue weighted by Gasteiger charge is 2.33. The molecule has 0 fully saturated rings. The summed E-state index contributed by atoms with van der Waals surface area (Å²) >= 11 is 0. The maximum absolute atomic E-state index is 13.0. The molecule has 0 aliphatic carbocycles. The minimum absolute atomic E-state index is 0.226. The summed E-state index contributed by atoms with van der Waals surface area (Å²) in [7, 11) is 0. The molecule has 3 rings (SSSR count). The van der Waals surface area contributed by atoms with Crippen LogP contribution in [0.2, 0.25) is 0 Å². The second-order valence-electron chi connectivity index (χ2n) is 5.08. The van der Waals surface area contributed by atoms with Crippen LogP contribution in [0.15, 0.2) is 42.5 Å². The SMILES string of the molecule is Cc1ccc(N2COc3ccccc3C2)cc1C(F)(F)F. The third-order valence-electron chi connectivity index (χ3n) is 3.60. The van der Waals surface area contributed by atoms with Crippen molar-refractivity contribution in [3.05, 3.63) is 59.2 Å². The molecule has 0 saturated carbocycles. The highest BCUT2D eigenvalue weighted by atomic mass is 19.4. The summed E-state index contributed by atoms with van der Waals surface area (Å²) in [6, 6.07) is 11.9. The largest absolute Gasteiger partial charge is 0.473 e. The maximum Gasteiger partial charge on any atom is 0.416 e. The normalized spacial score (nSPS) is 14.6. The molecule has 2 aromatic carbocycles. The van der Waals surface area contributed by atoms with Crippen LogP contribution in [-0.4, -0.2) is 6.73 Å². The monoisotopic (exact) mass is 293 g/mol. The van der Waals surface area contributed by atoms with Crippen LogP contribution in [0.5, 0.6) is 5.75 Å². The van der Waals surface area contributed by atoms with Gasteiger partial charge in [-0.05, 0) is 30.7 Å². The van der Waals surface area contributed by atoms with E-state index in [0.29, 0.717) is 12.2 Å². The number of hydrogen-bond donors (Lipinski definition) is 0. The smallest absolute Gasteiger partial charge is 0.416 e. The molecule has 21 heavy (non-hydrogen) atoms. The van der Waals surface area contributed by atoms with Crippen LogP contribution in [0.4, 0.5) is 18.9 Å². The van der Waals surface area contributed by atoms with Gasteiger partial charge < -0.3 is 9.64 Å². The van der Waals surface area contributed by atoms with Gasteiger partial charge in [-0.15, -0.1) is 0 Å². The molecule has 0 radical (unpaired) electrons. The van der Waals surface area contributed by atoms with E-state index < -0.39 is 11.7 Å². The number of para-hydroxylation sites is 1. The lowest BCUT2D eigenvalue weighted by Gasteiger charge is -2.31. The van der Waals surface area contributed by atoms with E-state index in [2.05, 4.69) is 0 Å². The van der Waals surface area contributed by atoms with Gasteiger partial charge in [0.05, 0.1) is 5.56 Å². The van der Waals surface area contributed by atoms with Crippen molar-refractivity contribution >= 4 is 5.69 Å². The molecule has 0 amide bonds. The number of hydrogen-bond acceptors (Lipinski definition) is 2. The van der Waals surface area contributed by atoms with Crippen LogP contribution >= 0.6 is 0 Å². The number of rotatable bonds is 1. The Morgan fingerprint density at radius 1 is 1.10 bits per heavy atom. The number of anilines is 1. The number of halogens is 3. The van der Waals surface area contributed by atoms with Gasteiger partial charge in [-0.3, -0.25) is 0 Å². The van der Waals surface area contributed by atoms with E-state index >= 15 is 0 Å². The van der Waals surface area contributed by atoms with Gasteiger partial charge in [0, 0.05) is 17.8 Å². The molecule has 110 valence electrons. The Balaban J connectivity index is 1.92. The van der Waals surface area contributed by atoms with Crippen molar-refractivity contribution in [2.75, 3.05) is 11.6 Å². The zero-order chi connectivity index (χ0) is 15.0. The number of nitrogens with zero attached hydrogens (tertiary/aromatic N) is 1. The van der Waals surface area contributed by atoms with Gasteiger partial charge in [0.15, 0.2) is 6.73 Å². The first-order valence-electron chi connectivity index (χ1n) is 6.58. The van der Waals surface area contributed by atoms with Crippen molar-refractivity contribution in [3.8, 4) is 5.75 Å². The summed E-state index contributed by atoms with van der Waals surface area (Å²) in [5, 5.41) is 0. The van der Waals surface area contributed by atoms with Crippen molar-refractivity contribution in [1.29, 1.82) is 0 Å². The first kappa shape index (κ1) is 13.8. The van der Waals surface area contributed by atoms with Crippen molar-refractivity contribution in [1.82, 2.24) is 0 Å². The van der Waals surface area contributed by atoms with Crippen LogP contribution < -0.4 is 9.64 Å². The van der Waals surface area contributed by atoms with E-state index in [-0.39, 0.29) is 12.3 Å². The van der Waals surface area contributed by atoms with Gasteiger partial charge in [-0.25, -0.2) is 0 Å². The third-order valence-corrected chi connectivity index (χ3v) is 3.60. The average molecular weight is 293 g/mol. The average Bonchev–Trinajstić information content (AvgIpc) is 2.46. The first-order valence-corrected chi connectivity index (χ1v) is 6.58. The van der Waals surface area contributed by atoms with Gasteiger partial charge in [-0.2, -0.15) is 13.2 Å². The van der Waals surface area contributed by atoms with E-state index in [1.807, 2.05) is 24.3 Å². The molecule has 0 saturated heterocycles. The van der Waals surface area contributed by atoms with Gasteiger partial charge in [0.1, 0.15) is 5.75 Å². The lowest BCUT2D eigenvalue weighted by molar-refractivity contribution is -0.138. The van der Waals surface area contributed by atoms with Crippen molar-refractivity contribution in [2.24, 2.45) is 0 Å². The van der Waals surface area contributed by atoms with Crippen LogP contribution in [-0.2, 0) is 12.7 Å². The molecule has 0 atom stereocenters.